The van der Waals surface area contributed by atoms with Crippen LogP contribution in [0.3, 0.4) is 0 Å². The zero-order chi connectivity index (χ0) is 32.1. The summed E-state index contributed by atoms with van der Waals surface area (Å²) in [5.41, 5.74) is 3.18. The molecule has 45 heavy (non-hydrogen) atoms. The summed E-state index contributed by atoms with van der Waals surface area (Å²) >= 11 is 0. The molecule has 12 nitrogen and oxygen atoms in total. The van der Waals surface area contributed by atoms with Gasteiger partial charge in [0.2, 0.25) is 0 Å². The molecule has 1 unspecified atom stereocenters. The molecule has 1 atom stereocenters. The number of hydrogen-bond donors (Lipinski definition) is 1. The summed E-state index contributed by atoms with van der Waals surface area (Å²) in [6.07, 6.45) is 4.08. The van der Waals surface area contributed by atoms with Crippen molar-refractivity contribution in [3.05, 3.63) is 77.0 Å². The highest BCUT2D eigenvalue weighted by Crippen LogP contribution is 2.39. The van der Waals surface area contributed by atoms with Gasteiger partial charge >= 0.3 is 6.09 Å². The van der Waals surface area contributed by atoms with E-state index in [1.165, 1.54) is 12.1 Å². The van der Waals surface area contributed by atoms with Crippen LogP contribution in [0.5, 0.6) is 0 Å². The van der Waals surface area contributed by atoms with E-state index in [0.717, 1.165) is 23.1 Å². The third-order valence-corrected chi connectivity index (χ3v) is 8.05. The predicted molar refractivity (Wildman–Crippen MR) is 162 cm³/mol. The first kappa shape index (κ1) is 30.6. The molecule has 0 radical (unpaired) electrons. The van der Waals surface area contributed by atoms with Crippen molar-refractivity contribution >= 4 is 39.3 Å². The monoisotopic (exact) mass is 637 g/mol. The number of carbonyl (C=O) groups excluding carboxylic acids is 2. The van der Waals surface area contributed by atoms with Gasteiger partial charge in [0.1, 0.15) is 29.5 Å². The van der Waals surface area contributed by atoms with Crippen LogP contribution >= 0.6 is 0 Å². The van der Waals surface area contributed by atoms with Gasteiger partial charge in [-0.05, 0) is 56.5 Å². The second-order valence-corrected chi connectivity index (χ2v) is 13.6. The predicted octanol–water partition coefficient (Wildman–Crippen LogP) is 5.15. The lowest BCUT2D eigenvalue weighted by Crippen LogP contribution is -2.37. The normalized spacial score (nSPS) is 16.8. The summed E-state index contributed by atoms with van der Waals surface area (Å²) in [6.45, 7) is 5.89. The van der Waals surface area contributed by atoms with Gasteiger partial charge < -0.3 is 14.8 Å². The lowest BCUT2D eigenvalue weighted by molar-refractivity contribution is 0.0248. The van der Waals surface area contributed by atoms with Crippen LogP contribution in [0.15, 0.2) is 48.8 Å². The number of pyridine rings is 2. The van der Waals surface area contributed by atoms with Crippen molar-refractivity contribution in [2.24, 2.45) is 0 Å². The largest absolute Gasteiger partial charge is 0.443 e. The third kappa shape index (κ3) is 6.39. The number of hydrogen-bond acceptors (Lipinski definition) is 10. The van der Waals surface area contributed by atoms with Gasteiger partial charge in [0.15, 0.2) is 0 Å². The van der Waals surface area contributed by atoms with Crippen LogP contribution in [-0.2, 0) is 36.9 Å². The number of rotatable bonds is 7. The molecule has 236 valence electrons. The Morgan fingerprint density at radius 3 is 2.71 bits per heavy atom. The molecule has 2 amide bonds. The van der Waals surface area contributed by atoms with Crippen molar-refractivity contribution in [2.75, 3.05) is 24.8 Å². The number of anilines is 2. The highest BCUT2D eigenvalue weighted by Gasteiger charge is 2.39. The topological polar surface area (TPSA) is 141 Å². The first-order chi connectivity index (χ1) is 21.3. The van der Waals surface area contributed by atoms with Gasteiger partial charge in [0.25, 0.3) is 16.0 Å². The Morgan fingerprint density at radius 2 is 2.00 bits per heavy atom. The van der Waals surface area contributed by atoms with Crippen LogP contribution in [0.4, 0.5) is 20.7 Å². The number of imide groups is 1. The molecule has 2 aliphatic rings. The van der Waals surface area contributed by atoms with E-state index >= 15 is 0 Å². The van der Waals surface area contributed by atoms with Gasteiger partial charge in [-0.3, -0.25) is 13.4 Å². The average molecular weight is 638 g/mol. The minimum absolute atomic E-state index is 0.0381. The molecule has 6 rings (SSSR count). The molecule has 0 saturated carbocycles. The Bertz CT molecular complexity index is 1930. The van der Waals surface area contributed by atoms with E-state index in [2.05, 4.69) is 15.3 Å². The Kier molecular flexibility index (Phi) is 7.83. The van der Waals surface area contributed by atoms with Crippen molar-refractivity contribution in [2.45, 2.75) is 51.9 Å². The van der Waals surface area contributed by atoms with Crippen molar-refractivity contribution in [3.63, 3.8) is 0 Å². The van der Waals surface area contributed by atoms with Gasteiger partial charge in [-0.15, -0.1) is 0 Å². The van der Waals surface area contributed by atoms with Crippen LogP contribution in [0, 0.1) is 5.82 Å². The summed E-state index contributed by atoms with van der Waals surface area (Å²) in [4.78, 5) is 37.0. The van der Waals surface area contributed by atoms with E-state index in [-0.39, 0.29) is 24.6 Å². The number of aromatic nitrogens is 3. The molecule has 2 aliphatic heterocycles. The fourth-order valence-corrected chi connectivity index (χ4v) is 5.86. The number of fused-ring (bicyclic) bond motifs is 2. The minimum Gasteiger partial charge on any atom is -0.443 e. The Balaban J connectivity index is 1.42. The molecule has 0 aliphatic carbocycles. The number of nitrogens with one attached hydrogen (secondary N) is 1. The quantitative estimate of drug-likeness (QED) is 0.271. The summed E-state index contributed by atoms with van der Waals surface area (Å²) in [6, 6.07) is 9.68. The van der Waals surface area contributed by atoms with Crippen LogP contribution in [0.1, 0.15) is 60.3 Å². The number of ether oxygens (including phenoxy) is 2. The summed E-state index contributed by atoms with van der Waals surface area (Å²) in [7, 11) is -3.74. The van der Waals surface area contributed by atoms with Gasteiger partial charge in [-0.2, -0.15) is 8.42 Å². The van der Waals surface area contributed by atoms with E-state index in [1.54, 1.807) is 55.8 Å². The standard InChI is InChI=1S/C31H32FN5O7S/c1-31(2,3)44-30(39)37-15-22-21(25-14-33-27-13-19(32)9-11-36(25)27)5-7-23(28(22)29(37)38)34-26-8-6-20(18-10-12-42-16-18)24(35-26)17-43-45(4,40)41/h5-9,11,13-14,18H,10,12,15-17H2,1-4H3,(H,34,35). The molecule has 3 aromatic heterocycles. The second-order valence-electron chi connectivity index (χ2n) is 12.0. The van der Waals surface area contributed by atoms with Crippen molar-refractivity contribution in [1.82, 2.24) is 19.3 Å². The van der Waals surface area contributed by atoms with E-state index in [9.17, 15) is 22.4 Å². The maximum absolute atomic E-state index is 13.9. The molecule has 0 bridgehead atoms. The van der Waals surface area contributed by atoms with E-state index < -0.39 is 33.5 Å². The fourth-order valence-electron chi connectivity index (χ4n) is 5.53. The van der Waals surface area contributed by atoms with Crippen LogP contribution in [0.25, 0.3) is 16.9 Å². The third-order valence-electron chi connectivity index (χ3n) is 7.50. The number of carbonyl (C=O) groups is 2. The summed E-state index contributed by atoms with van der Waals surface area (Å²) < 4.78 is 55.3. The highest BCUT2D eigenvalue weighted by atomic mass is 32.2. The highest BCUT2D eigenvalue weighted by molar-refractivity contribution is 7.85. The molecule has 4 aromatic rings. The van der Waals surface area contributed by atoms with Crippen molar-refractivity contribution in [1.29, 1.82) is 0 Å². The molecule has 14 heteroatoms. The van der Waals surface area contributed by atoms with E-state index in [4.69, 9.17) is 13.7 Å². The molecule has 1 aromatic carbocycles. The van der Waals surface area contributed by atoms with Crippen LogP contribution in [0.2, 0.25) is 0 Å². The molecule has 1 N–H and O–H groups in total. The zero-order valence-corrected chi connectivity index (χ0v) is 26.0. The minimum atomic E-state index is -3.74. The van der Waals surface area contributed by atoms with Gasteiger partial charge in [-0.25, -0.2) is 24.1 Å². The average Bonchev–Trinajstić information content (AvgIpc) is 3.70. The number of imidazole rings is 1. The number of amides is 2. The SMILES string of the molecule is CC(C)(C)OC(=O)N1Cc2c(-c3cnc4cc(F)ccn34)ccc(Nc3ccc(C4CCOC4)c(COS(C)(=O)=O)n3)c2C1=O. The maximum Gasteiger partial charge on any atom is 0.417 e. The van der Waals surface area contributed by atoms with Crippen molar-refractivity contribution in [3.8, 4) is 11.3 Å². The number of nitrogens with zero attached hydrogens (tertiary/aromatic N) is 4. The lowest BCUT2D eigenvalue weighted by atomic mass is 9.97. The summed E-state index contributed by atoms with van der Waals surface area (Å²) in [5.74, 6) is -0.621. The first-order valence-corrected chi connectivity index (χ1v) is 16.1. The molecule has 5 heterocycles. The smallest absolute Gasteiger partial charge is 0.417 e. The maximum atomic E-state index is 13.9. The van der Waals surface area contributed by atoms with E-state index in [0.29, 0.717) is 52.9 Å². The van der Waals surface area contributed by atoms with Crippen LogP contribution in [-0.4, -0.2) is 64.8 Å². The van der Waals surface area contributed by atoms with Gasteiger partial charge in [0, 0.05) is 30.4 Å². The summed E-state index contributed by atoms with van der Waals surface area (Å²) in [5, 5.41) is 3.20. The van der Waals surface area contributed by atoms with Gasteiger partial charge in [0.05, 0.1) is 48.2 Å². The Labute approximate surface area is 259 Å². The Morgan fingerprint density at radius 1 is 1.20 bits per heavy atom. The fraction of sp³-hybridized carbons (Fsp3) is 0.355. The van der Waals surface area contributed by atoms with E-state index in [1.807, 2.05) is 6.07 Å². The number of halogens is 1. The molecular weight excluding hydrogens is 605 g/mol. The van der Waals surface area contributed by atoms with Crippen molar-refractivity contribution < 1.29 is 36.1 Å². The zero-order valence-electron chi connectivity index (χ0n) is 25.2. The molecule has 1 fully saturated rings. The lowest BCUT2D eigenvalue weighted by Gasteiger charge is -2.23. The second kappa shape index (κ2) is 11.5. The first-order valence-electron chi connectivity index (χ1n) is 14.3. The molecule has 0 spiro atoms. The molecular formula is C31H32FN5O7S. The molecule has 1 saturated heterocycles. The van der Waals surface area contributed by atoms with Crippen LogP contribution < -0.4 is 5.32 Å². The number of benzene rings is 1. The van der Waals surface area contributed by atoms with Gasteiger partial charge in [-0.1, -0.05) is 12.1 Å². The Hall–Kier alpha value is -4.40.